The summed E-state index contributed by atoms with van der Waals surface area (Å²) in [6.45, 7) is 1.56. The van der Waals surface area contributed by atoms with Gasteiger partial charge in [0.1, 0.15) is 17.4 Å². The second kappa shape index (κ2) is 4.80. The Morgan fingerprint density at radius 2 is 2.33 bits per heavy atom. The summed E-state index contributed by atoms with van der Waals surface area (Å²) in [5, 5.41) is 17.3. The number of carboxylic acid groups (broad SMARTS) is 1. The topological polar surface area (TPSA) is 70.3 Å². The van der Waals surface area contributed by atoms with Crippen LogP contribution < -0.4 is 4.74 Å². The third-order valence-corrected chi connectivity index (χ3v) is 2.21. The number of hydrogen-bond acceptors (Lipinski definition) is 3. The quantitative estimate of drug-likeness (QED) is 0.915. The van der Waals surface area contributed by atoms with Crippen LogP contribution in [0.3, 0.4) is 0 Å². The standard InChI is InChI=1S/C10H8BrNO3/c1-6-4-7(11)5-8(10(13)14)9(6)15-3-2-12/h4-5H,3H2,1H3,(H,13,14). The molecule has 0 aliphatic heterocycles. The summed E-state index contributed by atoms with van der Waals surface area (Å²) in [4.78, 5) is 10.9. The number of nitrogens with zero attached hydrogens (tertiary/aromatic N) is 1. The lowest BCUT2D eigenvalue weighted by atomic mass is 10.1. The van der Waals surface area contributed by atoms with Crippen molar-refractivity contribution >= 4 is 21.9 Å². The third-order valence-electron chi connectivity index (χ3n) is 1.75. The van der Waals surface area contributed by atoms with Gasteiger partial charge in [0.25, 0.3) is 0 Å². The van der Waals surface area contributed by atoms with Gasteiger partial charge in [-0.2, -0.15) is 5.26 Å². The zero-order valence-corrected chi connectivity index (χ0v) is 9.54. The van der Waals surface area contributed by atoms with E-state index in [0.717, 1.165) is 0 Å². The van der Waals surface area contributed by atoms with Crippen molar-refractivity contribution in [2.45, 2.75) is 6.92 Å². The average Bonchev–Trinajstić information content (AvgIpc) is 2.15. The van der Waals surface area contributed by atoms with Gasteiger partial charge in [0.2, 0.25) is 0 Å². The van der Waals surface area contributed by atoms with Gasteiger partial charge >= 0.3 is 5.97 Å². The summed E-state index contributed by atoms with van der Waals surface area (Å²) < 4.78 is 5.74. The van der Waals surface area contributed by atoms with Gasteiger partial charge in [-0.05, 0) is 24.6 Å². The molecule has 0 aromatic heterocycles. The molecule has 0 atom stereocenters. The number of carboxylic acids is 1. The van der Waals surface area contributed by atoms with Crippen LogP contribution in [0.25, 0.3) is 0 Å². The Kier molecular flexibility index (Phi) is 3.69. The normalized spacial score (nSPS) is 9.40. The highest BCUT2D eigenvalue weighted by atomic mass is 79.9. The zero-order valence-electron chi connectivity index (χ0n) is 7.95. The molecule has 0 saturated carbocycles. The highest BCUT2D eigenvalue weighted by molar-refractivity contribution is 9.10. The fourth-order valence-corrected chi connectivity index (χ4v) is 1.76. The summed E-state index contributed by atoms with van der Waals surface area (Å²) >= 11 is 3.20. The van der Waals surface area contributed by atoms with E-state index in [2.05, 4.69) is 15.9 Å². The summed E-state index contributed by atoms with van der Waals surface area (Å²) in [5.74, 6) is -0.834. The molecule has 1 N–H and O–H groups in total. The number of benzene rings is 1. The molecular formula is C10H8BrNO3. The Hall–Kier alpha value is -1.54. The van der Waals surface area contributed by atoms with Gasteiger partial charge in [-0.25, -0.2) is 4.79 Å². The Bertz CT molecular complexity index is 437. The predicted molar refractivity (Wildman–Crippen MR) is 56.9 cm³/mol. The lowest BCUT2D eigenvalue weighted by molar-refractivity contribution is 0.0692. The SMILES string of the molecule is Cc1cc(Br)cc(C(=O)O)c1OCC#N. The van der Waals surface area contributed by atoms with Crippen molar-refractivity contribution in [3.8, 4) is 11.8 Å². The van der Waals surface area contributed by atoms with Crippen LogP contribution in [0.4, 0.5) is 0 Å². The summed E-state index contributed by atoms with van der Waals surface area (Å²) in [6.07, 6.45) is 0. The first-order valence-electron chi connectivity index (χ1n) is 4.09. The fraction of sp³-hybridized carbons (Fsp3) is 0.200. The van der Waals surface area contributed by atoms with Crippen molar-refractivity contribution in [2.75, 3.05) is 6.61 Å². The minimum Gasteiger partial charge on any atom is -0.478 e. The smallest absolute Gasteiger partial charge is 0.339 e. The van der Waals surface area contributed by atoms with Crippen LogP contribution in [-0.4, -0.2) is 17.7 Å². The number of ether oxygens (including phenoxy) is 1. The van der Waals surface area contributed by atoms with E-state index in [1.54, 1.807) is 19.1 Å². The summed E-state index contributed by atoms with van der Waals surface area (Å²) in [7, 11) is 0. The monoisotopic (exact) mass is 269 g/mol. The van der Waals surface area contributed by atoms with Crippen molar-refractivity contribution < 1.29 is 14.6 Å². The Morgan fingerprint density at radius 1 is 1.67 bits per heavy atom. The molecule has 0 unspecified atom stereocenters. The number of aromatic carboxylic acids is 1. The molecular weight excluding hydrogens is 262 g/mol. The molecule has 5 heteroatoms. The minimum atomic E-state index is -1.08. The van der Waals surface area contributed by atoms with Crippen LogP contribution >= 0.6 is 15.9 Å². The van der Waals surface area contributed by atoms with E-state index < -0.39 is 5.97 Å². The van der Waals surface area contributed by atoms with Crippen LogP contribution in [0, 0.1) is 18.3 Å². The molecule has 0 fully saturated rings. The number of carbonyl (C=O) groups is 1. The van der Waals surface area contributed by atoms with Crippen molar-refractivity contribution in [1.82, 2.24) is 0 Å². The number of aryl methyl sites for hydroxylation is 1. The van der Waals surface area contributed by atoms with Gasteiger partial charge in [0, 0.05) is 4.47 Å². The lowest BCUT2D eigenvalue weighted by Crippen LogP contribution is -2.05. The van der Waals surface area contributed by atoms with Crippen LogP contribution in [0.1, 0.15) is 15.9 Å². The highest BCUT2D eigenvalue weighted by Gasteiger charge is 2.14. The van der Waals surface area contributed by atoms with E-state index in [1.807, 2.05) is 0 Å². The van der Waals surface area contributed by atoms with Crippen LogP contribution in [0.2, 0.25) is 0 Å². The number of hydrogen-bond donors (Lipinski definition) is 1. The predicted octanol–water partition coefficient (Wildman–Crippen LogP) is 2.36. The van der Waals surface area contributed by atoms with E-state index in [9.17, 15) is 4.79 Å². The number of rotatable bonds is 3. The largest absolute Gasteiger partial charge is 0.478 e. The van der Waals surface area contributed by atoms with Crippen molar-refractivity contribution in [1.29, 1.82) is 5.26 Å². The molecule has 0 amide bonds. The van der Waals surface area contributed by atoms with E-state index >= 15 is 0 Å². The Balaban J connectivity index is 3.22. The molecule has 4 nitrogen and oxygen atoms in total. The molecule has 0 heterocycles. The van der Waals surface area contributed by atoms with Crippen molar-refractivity contribution in [3.05, 3.63) is 27.7 Å². The van der Waals surface area contributed by atoms with Crippen LogP contribution in [0.15, 0.2) is 16.6 Å². The van der Waals surface area contributed by atoms with Crippen LogP contribution in [0.5, 0.6) is 5.75 Å². The Labute approximate surface area is 95.2 Å². The Morgan fingerprint density at radius 3 is 2.87 bits per heavy atom. The maximum atomic E-state index is 10.9. The van der Waals surface area contributed by atoms with E-state index in [-0.39, 0.29) is 17.9 Å². The first kappa shape index (κ1) is 11.5. The summed E-state index contributed by atoms with van der Waals surface area (Å²) in [6, 6.07) is 4.98. The molecule has 15 heavy (non-hydrogen) atoms. The zero-order chi connectivity index (χ0) is 11.4. The number of halogens is 1. The fourth-order valence-electron chi connectivity index (χ4n) is 1.18. The van der Waals surface area contributed by atoms with Crippen LogP contribution in [-0.2, 0) is 0 Å². The maximum absolute atomic E-state index is 10.9. The molecule has 0 aliphatic rings. The maximum Gasteiger partial charge on any atom is 0.339 e. The van der Waals surface area contributed by atoms with E-state index in [0.29, 0.717) is 10.0 Å². The molecule has 0 spiro atoms. The average molecular weight is 270 g/mol. The van der Waals surface area contributed by atoms with Crippen molar-refractivity contribution in [3.63, 3.8) is 0 Å². The molecule has 1 aromatic rings. The van der Waals surface area contributed by atoms with Gasteiger partial charge in [0.05, 0.1) is 0 Å². The van der Waals surface area contributed by atoms with Gasteiger partial charge in [0.15, 0.2) is 6.61 Å². The minimum absolute atomic E-state index is 0.0529. The molecule has 0 saturated heterocycles. The van der Waals surface area contributed by atoms with Gasteiger partial charge in [-0.15, -0.1) is 0 Å². The second-order valence-electron chi connectivity index (χ2n) is 2.85. The van der Waals surface area contributed by atoms with E-state index in [1.165, 1.54) is 6.07 Å². The van der Waals surface area contributed by atoms with Gasteiger partial charge in [-0.3, -0.25) is 0 Å². The van der Waals surface area contributed by atoms with Gasteiger partial charge < -0.3 is 9.84 Å². The first-order valence-corrected chi connectivity index (χ1v) is 4.88. The lowest BCUT2D eigenvalue weighted by Gasteiger charge is -2.09. The highest BCUT2D eigenvalue weighted by Crippen LogP contribution is 2.27. The van der Waals surface area contributed by atoms with E-state index in [4.69, 9.17) is 15.1 Å². The third kappa shape index (κ3) is 2.70. The van der Waals surface area contributed by atoms with Crippen molar-refractivity contribution in [2.24, 2.45) is 0 Å². The molecule has 78 valence electrons. The second-order valence-corrected chi connectivity index (χ2v) is 3.77. The molecule has 0 aliphatic carbocycles. The molecule has 1 aromatic carbocycles. The molecule has 1 rings (SSSR count). The molecule has 0 radical (unpaired) electrons. The number of nitriles is 1. The molecule has 0 bridgehead atoms. The first-order chi connectivity index (χ1) is 7.06. The summed E-state index contributed by atoms with van der Waals surface area (Å²) in [5.41, 5.74) is 0.731. The van der Waals surface area contributed by atoms with Gasteiger partial charge in [-0.1, -0.05) is 15.9 Å².